The molecule has 0 fully saturated rings. The Kier molecular flexibility index (Phi) is 5.35. The first-order valence-corrected chi connectivity index (χ1v) is 10.3. The molecule has 0 spiro atoms. The quantitative estimate of drug-likeness (QED) is 0.597. The molecule has 0 atom stereocenters. The minimum atomic E-state index is -3.47. The molecular formula is C16H20N6O2S2. The minimum Gasteiger partial charge on any atom is -0.369 e. The van der Waals surface area contributed by atoms with Crippen molar-refractivity contribution in [2.45, 2.75) is 25.0 Å². The van der Waals surface area contributed by atoms with Crippen LogP contribution in [0.5, 0.6) is 0 Å². The summed E-state index contributed by atoms with van der Waals surface area (Å²) in [5.74, 6) is 2.79. The number of sulfonamides is 1. The third-order valence-corrected chi connectivity index (χ3v) is 6.55. The number of hydrogen-bond acceptors (Lipinski definition) is 7. The van der Waals surface area contributed by atoms with Gasteiger partial charge in [0.2, 0.25) is 10.0 Å². The summed E-state index contributed by atoms with van der Waals surface area (Å²) in [7, 11) is -3.47. The summed E-state index contributed by atoms with van der Waals surface area (Å²) in [5, 5.41) is 3.13. The van der Waals surface area contributed by atoms with E-state index in [0.29, 0.717) is 28.2 Å². The van der Waals surface area contributed by atoms with Gasteiger partial charge in [-0.3, -0.25) is 4.57 Å². The third-order valence-electron chi connectivity index (χ3n) is 3.60. The maximum absolute atomic E-state index is 12.2. The first-order chi connectivity index (χ1) is 12.3. The van der Waals surface area contributed by atoms with Crippen LogP contribution in [0.3, 0.4) is 0 Å². The van der Waals surface area contributed by atoms with Crippen LogP contribution >= 0.6 is 11.3 Å². The maximum atomic E-state index is 12.2. The van der Waals surface area contributed by atoms with Crippen molar-refractivity contribution < 1.29 is 8.42 Å². The van der Waals surface area contributed by atoms with Crippen LogP contribution in [0.15, 0.2) is 34.8 Å². The van der Waals surface area contributed by atoms with Crippen molar-refractivity contribution in [1.29, 1.82) is 0 Å². The zero-order chi connectivity index (χ0) is 18.7. The fourth-order valence-corrected chi connectivity index (χ4v) is 4.75. The van der Waals surface area contributed by atoms with E-state index >= 15 is 0 Å². The van der Waals surface area contributed by atoms with Crippen molar-refractivity contribution in [3.8, 4) is 5.82 Å². The maximum Gasteiger partial charge on any atom is 0.250 e. The van der Waals surface area contributed by atoms with Crippen LogP contribution in [0.1, 0.15) is 16.5 Å². The van der Waals surface area contributed by atoms with E-state index < -0.39 is 10.0 Å². The summed E-state index contributed by atoms with van der Waals surface area (Å²) in [6, 6.07) is 5.21. The average molecular weight is 393 g/mol. The molecule has 0 saturated carbocycles. The summed E-state index contributed by atoms with van der Waals surface area (Å²) in [6.07, 6.45) is 3.54. The number of anilines is 1. The number of imidazole rings is 1. The molecule has 0 aliphatic heterocycles. The molecule has 0 aliphatic carbocycles. The van der Waals surface area contributed by atoms with Crippen molar-refractivity contribution in [3.05, 3.63) is 47.1 Å². The van der Waals surface area contributed by atoms with Crippen LogP contribution in [0, 0.1) is 20.8 Å². The molecule has 10 heteroatoms. The van der Waals surface area contributed by atoms with Gasteiger partial charge in [0.1, 0.15) is 27.5 Å². The Bertz CT molecular complexity index is 1010. The Morgan fingerprint density at radius 1 is 1.15 bits per heavy atom. The lowest BCUT2D eigenvalue weighted by atomic mass is 10.4. The molecule has 3 heterocycles. The molecule has 0 aliphatic rings. The second kappa shape index (κ2) is 7.52. The fraction of sp³-hybridized carbons (Fsp3) is 0.312. The molecule has 8 nitrogen and oxygen atoms in total. The lowest BCUT2D eigenvalue weighted by Crippen LogP contribution is -2.28. The van der Waals surface area contributed by atoms with Gasteiger partial charge in [-0.05, 0) is 32.9 Å². The van der Waals surface area contributed by atoms with Crippen LogP contribution in [0.25, 0.3) is 5.82 Å². The average Bonchev–Trinajstić information content (AvgIpc) is 3.20. The Labute approximate surface area is 156 Å². The number of thiophene rings is 1. The number of hydrogen-bond donors (Lipinski definition) is 2. The summed E-state index contributed by atoms with van der Waals surface area (Å²) in [4.78, 5) is 13.9. The molecule has 0 radical (unpaired) electrons. The minimum absolute atomic E-state index is 0.252. The molecule has 138 valence electrons. The van der Waals surface area contributed by atoms with Crippen LogP contribution in [-0.2, 0) is 10.0 Å². The lowest BCUT2D eigenvalue weighted by Gasteiger charge is -2.10. The predicted molar refractivity (Wildman–Crippen MR) is 101 cm³/mol. The highest BCUT2D eigenvalue weighted by Crippen LogP contribution is 2.20. The highest BCUT2D eigenvalue weighted by molar-refractivity contribution is 7.91. The van der Waals surface area contributed by atoms with Gasteiger partial charge < -0.3 is 5.32 Å². The summed E-state index contributed by atoms with van der Waals surface area (Å²) in [5.41, 5.74) is 0. The van der Waals surface area contributed by atoms with Gasteiger partial charge in [0.25, 0.3) is 0 Å². The highest BCUT2D eigenvalue weighted by Gasteiger charge is 2.15. The molecule has 0 bridgehead atoms. The molecule has 0 amide bonds. The van der Waals surface area contributed by atoms with Gasteiger partial charge in [-0.25, -0.2) is 28.1 Å². The van der Waals surface area contributed by atoms with Gasteiger partial charge in [0.15, 0.2) is 0 Å². The molecule has 2 N–H and O–H groups in total. The van der Waals surface area contributed by atoms with Gasteiger partial charge in [-0.15, -0.1) is 11.3 Å². The molecule has 0 aromatic carbocycles. The van der Waals surface area contributed by atoms with Crippen molar-refractivity contribution in [2.75, 3.05) is 18.4 Å². The normalized spacial score (nSPS) is 11.7. The Hall–Kier alpha value is -2.30. The molecule has 3 aromatic heterocycles. The number of aromatic nitrogens is 4. The van der Waals surface area contributed by atoms with E-state index in [1.807, 2.05) is 31.5 Å². The Morgan fingerprint density at radius 3 is 2.62 bits per heavy atom. The van der Waals surface area contributed by atoms with Gasteiger partial charge in [-0.1, -0.05) is 0 Å². The van der Waals surface area contributed by atoms with Gasteiger partial charge in [0.05, 0.1) is 0 Å². The number of nitrogens with zero attached hydrogens (tertiary/aromatic N) is 4. The summed E-state index contributed by atoms with van der Waals surface area (Å²) in [6.45, 7) is 6.24. The smallest absolute Gasteiger partial charge is 0.250 e. The highest BCUT2D eigenvalue weighted by atomic mass is 32.2. The molecule has 26 heavy (non-hydrogen) atoms. The second-order valence-corrected chi connectivity index (χ2v) is 8.97. The number of nitrogens with one attached hydrogen (secondary N) is 2. The SMILES string of the molecule is Cc1nc(NCCNS(=O)(=O)c2ccc(C)s2)cc(-n2ccnc2C)n1. The zero-order valence-corrected chi connectivity index (χ0v) is 16.4. The van der Waals surface area contributed by atoms with Crippen LogP contribution in [0.4, 0.5) is 5.82 Å². The van der Waals surface area contributed by atoms with E-state index in [2.05, 4.69) is 25.0 Å². The van der Waals surface area contributed by atoms with E-state index in [9.17, 15) is 8.42 Å². The third kappa shape index (κ3) is 4.26. The largest absolute Gasteiger partial charge is 0.369 e. The van der Waals surface area contributed by atoms with E-state index in [1.165, 1.54) is 11.3 Å². The molecular weight excluding hydrogens is 372 g/mol. The topological polar surface area (TPSA) is 102 Å². The van der Waals surface area contributed by atoms with Crippen LogP contribution < -0.4 is 10.0 Å². The van der Waals surface area contributed by atoms with Gasteiger partial charge >= 0.3 is 0 Å². The first kappa shape index (κ1) is 18.5. The van der Waals surface area contributed by atoms with E-state index in [4.69, 9.17) is 0 Å². The first-order valence-electron chi connectivity index (χ1n) is 8.01. The lowest BCUT2D eigenvalue weighted by molar-refractivity contribution is 0.585. The predicted octanol–water partition coefficient (Wildman–Crippen LogP) is 2.04. The van der Waals surface area contributed by atoms with Gasteiger partial charge in [0, 0.05) is 36.4 Å². The standard InChI is InChI=1S/C16H20N6O2S2/c1-11-4-5-16(25-11)26(23,24)19-7-6-18-14-10-15(21-12(2)20-14)22-9-8-17-13(22)3/h4-5,8-10,19H,6-7H2,1-3H3,(H,18,20,21). The zero-order valence-electron chi connectivity index (χ0n) is 14.7. The number of aryl methyl sites for hydroxylation is 3. The molecule has 0 saturated heterocycles. The monoisotopic (exact) mass is 392 g/mol. The van der Waals surface area contributed by atoms with Crippen LogP contribution in [0.2, 0.25) is 0 Å². The molecule has 3 rings (SSSR count). The van der Waals surface area contributed by atoms with E-state index in [1.54, 1.807) is 24.4 Å². The van der Waals surface area contributed by atoms with E-state index in [0.717, 1.165) is 10.7 Å². The molecule has 3 aromatic rings. The summed E-state index contributed by atoms with van der Waals surface area (Å²) >= 11 is 1.25. The fourth-order valence-electron chi connectivity index (χ4n) is 2.39. The Morgan fingerprint density at radius 2 is 1.96 bits per heavy atom. The number of rotatable bonds is 7. The van der Waals surface area contributed by atoms with Crippen molar-refractivity contribution in [3.63, 3.8) is 0 Å². The van der Waals surface area contributed by atoms with Crippen molar-refractivity contribution in [1.82, 2.24) is 24.2 Å². The molecule has 0 unspecified atom stereocenters. The van der Waals surface area contributed by atoms with Crippen molar-refractivity contribution >= 4 is 27.2 Å². The van der Waals surface area contributed by atoms with Crippen molar-refractivity contribution in [2.24, 2.45) is 0 Å². The Balaban J connectivity index is 1.62. The van der Waals surface area contributed by atoms with Crippen LogP contribution in [-0.4, -0.2) is 41.0 Å². The van der Waals surface area contributed by atoms with Gasteiger partial charge in [-0.2, -0.15) is 0 Å². The summed E-state index contributed by atoms with van der Waals surface area (Å²) < 4.78 is 29.2. The van der Waals surface area contributed by atoms with E-state index in [-0.39, 0.29) is 6.54 Å². The second-order valence-electron chi connectivity index (χ2n) is 5.69.